The van der Waals surface area contributed by atoms with Gasteiger partial charge >= 0.3 is 0 Å². The van der Waals surface area contributed by atoms with Gasteiger partial charge in [-0.1, -0.05) is 53.9 Å². The van der Waals surface area contributed by atoms with Crippen molar-refractivity contribution in [3.05, 3.63) is 0 Å². The van der Waals surface area contributed by atoms with Gasteiger partial charge in [0.2, 0.25) is 0 Å². The summed E-state index contributed by atoms with van der Waals surface area (Å²) in [7, 11) is 0. The zero-order chi connectivity index (χ0) is 10.8. The molecule has 1 aliphatic rings. The van der Waals surface area contributed by atoms with Crippen molar-refractivity contribution in [3.63, 3.8) is 0 Å². The van der Waals surface area contributed by atoms with Gasteiger partial charge in [0.15, 0.2) is 0 Å². The van der Waals surface area contributed by atoms with E-state index in [9.17, 15) is 0 Å². The first-order valence-electron chi connectivity index (χ1n) is 6.47. The van der Waals surface area contributed by atoms with Crippen LogP contribution in [0.2, 0.25) is 0 Å². The van der Waals surface area contributed by atoms with Gasteiger partial charge in [0.1, 0.15) is 0 Å². The number of rotatable bonds is 3. The first-order valence-corrected chi connectivity index (χ1v) is 6.47. The largest absolute Gasteiger partial charge is 0.0651 e. The molecule has 1 aliphatic carbocycles. The molecule has 0 spiro atoms. The molecule has 2 unspecified atom stereocenters. The molecular weight excluding hydrogens is 168 g/mol. The van der Waals surface area contributed by atoms with Crippen LogP contribution in [0.4, 0.5) is 0 Å². The van der Waals surface area contributed by atoms with Crippen LogP contribution >= 0.6 is 0 Å². The van der Waals surface area contributed by atoms with Crippen LogP contribution < -0.4 is 0 Å². The van der Waals surface area contributed by atoms with Gasteiger partial charge in [-0.25, -0.2) is 0 Å². The standard InChI is InChI=1S/C14H28/c1-6-13-12(10-11(2)3)8-7-9-14(13,4)5/h11-13H,6-10H2,1-5H3. The van der Waals surface area contributed by atoms with E-state index >= 15 is 0 Å². The molecule has 14 heavy (non-hydrogen) atoms. The highest BCUT2D eigenvalue weighted by Gasteiger charge is 2.37. The molecule has 0 saturated heterocycles. The fourth-order valence-corrected chi connectivity index (χ4v) is 3.62. The molecule has 0 bridgehead atoms. The molecule has 0 aliphatic heterocycles. The molecule has 0 amide bonds. The van der Waals surface area contributed by atoms with Gasteiger partial charge in [0, 0.05) is 0 Å². The van der Waals surface area contributed by atoms with E-state index in [1.54, 1.807) is 0 Å². The van der Waals surface area contributed by atoms with E-state index in [0.717, 1.165) is 17.8 Å². The van der Waals surface area contributed by atoms with Crippen LogP contribution in [0.25, 0.3) is 0 Å². The SMILES string of the molecule is CCC1C(CC(C)C)CCCC1(C)C. The maximum atomic E-state index is 2.48. The lowest BCUT2D eigenvalue weighted by molar-refractivity contribution is 0.0591. The predicted molar refractivity (Wildman–Crippen MR) is 64.4 cm³/mol. The third-order valence-corrected chi connectivity index (χ3v) is 4.18. The van der Waals surface area contributed by atoms with Gasteiger partial charge < -0.3 is 0 Å². The molecule has 1 fully saturated rings. The molecule has 84 valence electrons. The number of hydrogen-bond acceptors (Lipinski definition) is 0. The van der Waals surface area contributed by atoms with E-state index in [-0.39, 0.29) is 0 Å². The summed E-state index contributed by atoms with van der Waals surface area (Å²) in [5.74, 6) is 2.85. The summed E-state index contributed by atoms with van der Waals surface area (Å²) in [6.45, 7) is 12.1. The first kappa shape index (κ1) is 12.1. The van der Waals surface area contributed by atoms with Crippen molar-refractivity contribution in [1.82, 2.24) is 0 Å². The first-order chi connectivity index (χ1) is 6.47. The van der Waals surface area contributed by atoms with E-state index in [0.29, 0.717) is 5.41 Å². The summed E-state index contributed by atoms with van der Waals surface area (Å²) < 4.78 is 0. The molecule has 1 saturated carbocycles. The normalized spacial score (nSPS) is 32.1. The minimum Gasteiger partial charge on any atom is -0.0651 e. The Morgan fingerprint density at radius 2 is 1.93 bits per heavy atom. The Morgan fingerprint density at radius 3 is 2.43 bits per heavy atom. The summed E-state index contributed by atoms with van der Waals surface area (Å²) in [5.41, 5.74) is 0.604. The zero-order valence-electron chi connectivity index (χ0n) is 10.8. The molecule has 2 atom stereocenters. The van der Waals surface area contributed by atoms with Crippen molar-refractivity contribution < 1.29 is 0 Å². The van der Waals surface area contributed by atoms with E-state index in [4.69, 9.17) is 0 Å². The summed E-state index contributed by atoms with van der Waals surface area (Å²) in [5, 5.41) is 0. The van der Waals surface area contributed by atoms with Crippen LogP contribution in [0.1, 0.15) is 66.7 Å². The highest BCUT2D eigenvalue weighted by molar-refractivity contribution is 4.87. The van der Waals surface area contributed by atoms with Crippen molar-refractivity contribution in [2.45, 2.75) is 66.7 Å². The van der Waals surface area contributed by atoms with Crippen LogP contribution in [0.3, 0.4) is 0 Å². The minimum atomic E-state index is 0.604. The lowest BCUT2D eigenvalue weighted by Crippen LogP contribution is -2.35. The van der Waals surface area contributed by atoms with E-state index in [1.165, 1.54) is 32.1 Å². The fourth-order valence-electron chi connectivity index (χ4n) is 3.62. The van der Waals surface area contributed by atoms with Gasteiger partial charge in [-0.3, -0.25) is 0 Å². The highest BCUT2D eigenvalue weighted by atomic mass is 14.4. The van der Waals surface area contributed by atoms with Gasteiger partial charge in [-0.05, 0) is 36.0 Å². The van der Waals surface area contributed by atoms with Gasteiger partial charge in [-0.15, -0.1) is 0 Å². The van der Waals surface area contributed by atoms with Crippen molar-refractivity contribution in [3.8, 4) is 0 Å². The molecule has 0 radical (unpaired) electrons. The summed E-state index contributed by atoms with van der Waals surface area (Å²) in [4.78, 5) is 0. The maximum absolute atomic E-state index is 2.48. The molecule has 0 heteroatoms. The molecule has 0 aromatic rings. The molecule has 0 nitrogen and oxygen atoms in total. The molecular formula is C14H28. The summed E-state index contributed by atoms with van der Waals surface area (Å²) >= 11 is 0. The Bertz CT molecular complexity index is 167. The van der Waals surface area contributed by atoms with Gasteiger partial charge in [-0.2, -0.15) is 0 Å². The highest BCUT2D eigenvalue weighted by Crippen LogP contribution is 2.47. The van der Waals surface area contributed by atoms with Crippen LogP contribution in [-0.4, -0.2) is 0 Å². The lowest BCUT2D eigenvalue weighted by atomic mass is 9.61. The fraction of sp³-hybridized carbons (Fsp3) is 1.00. The third-order valence-electron chi connectivity index (χ3n) is 4.18. The average molecular weight is 196 g/mol. The Hall–Kier alpha value is 0. The monoisotopic (exact) mass is 196 g/mol. The Morgan fingerprint density at radius 1 is 1.29 bits per heavy atom. The Balaban J connectivity index is 2.64. The molecule has 0 heterocycles. The molecule has 0 aromatic heterocycles. The predicted octanol–water partition coefficient (Wildman–Crippen LogP) is 4.89. The van der Waals surface area contributed by atoms with Gasteiger partial charge in [0.25, 0.3) is 0 Å². The van der Waals surface area contributed by atoms with Crippen molar-refractivity contribution in [1.29, 1.82) is 0 Å². The van der Waals surface area contributed by atoms with Gasteiger partial charge in [0.05, 0.1) is 0 Å². The lowest BCUT2D eigenvalue weighted by Gasteiger charge is -2.44. The molecule has 0 aromatic carbocycles. The maximum Gasteiger partial charge on any atom is -0.0323 e. The smallest absolute Gasteiger partial charge is 0.0323 e. The second-order valence-electron chi connectivity index (χ2n) is 6.29. The van der Waals surface area contributed by atoms with Crippen LogP contribution in [0, 0.1) is 23.2 Å². The summed E-state index contributed by atoms with van der Waals surface area (Å²) in [6.07, 6.45) is 7.22. The van der Waals surface area contributed by atoms with Crippen LogP contribution in [-0.2, 0) is 0 Å². The minimum absolute atomic E-state index is 0.604. The van der Waals surface area contributed by atoms with Crippen molar-refractivity contribution in [2.24, 2.45) is 23.2 Å². The van der Waals surface area contributed by atoms with Crippen LogP contribution in [0.5, 0.6) is 0 Å². The van der Waals surface area contributed by atoms with E-state index in [2.05, 4.69) is 34.6 Å². The quantitative estimate of drug-likeness (QED) is 0.603. The number of hydrogen-bond donors (Lipinski definition) is 0. The van der Waals surface area contributed by atoms with Crippen molar-refractivity contribution >= 4 is 0 Å². The molecule has 0 N–H and O–H groups in total. The second-order valence-corrected chi connectivity index (χ2v) is 6.29. The third kappa shape index (κ3) is 2.74. The van der Waals surface area contributed by atoms with E-state index in [1.807, 2.05) is 0 Å². The van der Waals surface area contributed by atoms with E-state index < -0.39 is 0 Å². The van der Waals surface area contributed by atoms with Crippen molar-refractivity contribution in [2.75, 3.05) is 0 Å². The molecule has 1 rings (SSSR count). The summed E-state index contributed by atoms with van der Waals surface area (Å²) in [6, 6.07) is 0. The van der Waals surface area contributed by atoms with Crippen LogP contribution in [0.15, 0.2) is 0 Å². The topological polar surface area (TPSA) is 0 Å². The average Bonchev–Trinajstić information content (AvgIpc) is 2.01. The Labute approximate surface area is 90.5 Å². The zero-order valence-corrected chi connectivity index (χ0v) is 10.8. The second kappa shape index (κ2) is 4.68. The Kier molecular flexibility index (Phi) is 4.04.